The first-order valence-electron chi connectivity index (χ1n) is 6.61. The highest BCUT2D eigenvalue weighted by atomic mass is 16.3. The molecule has 1 aromatic carbocycles. The molecule has 114 valence electrons. The van der Waals surface area contributed by atoms with Crippen molar-refractivity contribution in [3.05, 3.63) is 29.8 Å². The van der Waals surface area contributed by atoms with Gasteiger partial charge in [0.25, 0.3) is 5.91 Å². The Balaban J connectivity index is 2.56. The molecule has 3 N–H and O–H groups in total. The normalized spacial score (nSPS) is 11.9. The number of amides is 2. The second-order valence-electron chi connectivity index (χ2n) is 5.81. The molecule has 21 heavy (non-hydrogen) atoms. The fourth-order valence-corrected chi connectivity index (χ4v) is 1.59. The number of nitrogens with zero attached hydrogens (tertiary/aromatic N) is 1. The van der Waals surface area contributed by atoms with E-state index in [0.29, 0.717) is 11.3 Å². The van der Waals surface area contributed by atoms with Crippen LogP contribution >= 0.6 is 0 Å². The highest BCUT2D eigenvalue weighted by molar-refractivity contribution is 6.01. The highest BCUT2D eigenvalue weighted by Crippen LogP contribution is 2.10. The lowest BCUT2D eigenvalue weighted by Crippen LogP contribution is -2.41. The van der Waals surface area contributed by atoms with Crippen molar-refractivity contribution in [1.29, 1.82) is 0 Å². The monoisotopic (exact) mass is 291 g/mol. The lowest BCUT2D eigenvalue weighted by Gasteiger charge is -2.20. The predicted molar refractivity (Wildman–Crippen MR) is 81.2 cm³/mol. The van der Waals surface area contributed by atoms with Crippen molar-refractivity contribution in [3.8, 4) is 5.75 Å². The number of hydrazone groups is 1. The smallest absolute Gasteiger partial charge is 0.271 e. The van der Waals surface area contributed by atoms with Gasteiger partial charge in [0.05, 0.1) is 6.42 Å². The highest BCUT2D eigenvalue weighted by Gasteiger charge is 2.14. The van der Waals surface area contributed by atoms with Gasteiger partial charge in [0.1, 0.15) is 5.75 Å². The van der Waals surface area contributed by atoms with E-state index in [1.54, 1.807) is 19.1 Å². The van der Waals surface area contributed by atoms with Crippen molar-refractivity contribution < 1.29 is 14.7 Å². The molecule has 0 unspecified atom stereocenters. The SMILES string of the molecule is CC(CC(=O)NC(C)(C)C)=NNC(=O)c1cccc(O)c1. The lowest BCUT2D eigenvalue weighted by atomic mass is 10.1. The number of hydrogen-bond acceptors (Lipinski definition) is 4. The van der Waals surface area contributed by atoms with Crippen LogP contribution in [0.1, 0.15) is 44.5 Å². The van der Waals surface area contributed by atoms with Gasteiger partial charge in [0, 0.05) is 16.8 Å². The molecular formula is C15H21N3O3. The van der Waals surface area contributed by atoms with Gasteiger partial charge >= 0.3 is 0 Å². The molecule has 6 heteroatoms. The summed E-state index contributed by atoms with van der Waals surface area (Å²) in [5.74, 6) is -0.593. The van der Waals surface area contributed by atoms with Crippen LogP contribution in [0.4, 0.5) is 0 Å². The van der Waals surface area contributed by atoms with Crippen LogP contribution in [0.3, 0.4) is 0 Å². The third-order valence-electron chi connectivity index (χ3n) is 2.39. The number of benzene rings is 1. The summed E-state index contributed by atoms with van der Waals surface area (Å²) in [5.41, 5.74) is 2.84. The molecule has 1 aromatic rings. The molecule has 1 rings (SSSR count). The van der Waals surface area contributed by atoms with Gasteiger partial charge in [-0.2, -0.15) is 5.10 Å². The van der Waals surface area contributed by atoms with E-state index >= 15 is 0 Å². The van der Waals surface area contributed by atoms with E-state index in [-0.39, 0.29) is 23.6 Å². The molecule has 0 saturated carbocycles. The summed E-state index contributed by atoms with van der Waals surface area (Å²) in [7, 11) is 0. The molecule has 0 aromatic heterocycles. The zero-order valence-corrected chi connectivity index (χ0v) is 12.7. The maximum Gasteiger partial charge on any atom is 0.271 e. The van der Waals surface area contributed by atoms with Crippen molar-refractivity contribution in [2.75, 3.05) is 0 Å². The second-order valence-corrected chi connectivity index (χ2v) is 5.81. The Kier molecular flexibility index (Phi) is 5.46. The van der Waals surface area contributed by atoms with E-state index in [0.717, 1.165) is 0 Å². The van der Waals surface area contributed by atoms with Crippen LogP contribution in [0.15, 0.2) is 29.4 Å². The Hall–Kier alpha value is -2.37. The van der Waals surface area contributed by atoms with E-state index in [4.69, 9.17) is 0 Å². The number of phenolic OH excluding ortho intramolecular Hbond substituents is 1. The minimum Gasteiger partial charge on any atom is -0.508 e. The molecular weight excluding hydrogens is 270 g/mol. The molecule has 0 aliphatic carbocycles. The number of aromatic hydroxyl groups is 1. The van der Waals surface area contributed by atoms with Crippen molar-refractivity contribution in [3.63, 3.8) is 0 Å². The molecule has 6 nitrogen and oxygen atoms in total. The van der Waals surface area contributed by atoms with E-state index < -0.39 is 5.91 Å². The molecule has 0 spiro atoms. The van der Waals surface area contributed by atoms with Crippen LogP contribution < -0.4 is 10.7 Å². The van der Waals surface area contributed by atoms with Gasteiger partial charge in [-0.15, -0.1) is 0 Å². The third kappa shape index (κ3) is 6.56. The molecule has 0 bridgehead atoms. The van der Waals surface area contributed by atoms with Crippen LogP contribution in [0.25, 0.3) is 0 Å². The Morgan fingerprint density at radius 1 is 1.29 bits per heavy atom. The number of nitrogens with one attached hydrogen (secondary N) is 2. The molecule has 0 heterocycles. The molecule has 0 radical (unpaired) electrons. The summed E-state index contributed by atoms with van der Waals surface area (Å²) in [6.45, 7) is 7.33. The predicted octanol–water partition coefficient (Wildman–Crippen LogP) is 1.80. The fraction of sp³-hybridized carbons (Fsp3) is 0.400. The topological polar surface area (TPSA) is 90.8 Å². The van der Waals surface area contributed by atoms with E-state index in [1.807, 2.05) is 20.8 Å². The number of phenols is 1. The van der Waals surface area contributed by atoms with Gasteiger partial charge in [-0.1, -0.05) is 6.07 Å². The minimum atomic E-state index is -0.443. The molecule has 0 saturated heterocycles. The number of carbonyl (C=O) groups excluding carboxylic acids is 2. The zero-order chi connectivity index (χ0) is 16.0. The summed E-state index contributed by atoms with van der Waals surface area (Å²) in [4.78, 5) is 23.5. The molecule has 2 amide bonds. The fourth-order valence-electron chi connectivity index (χ4n) is 1.59. The second kappa shape index (κ2) is 6.88. The van der Waals surface area contributed by atoms with Crippen molar-refractivity contribution in [2.45, 2.75) is 39.7 Å². The Morgan fingerprint density at radius 3 is 2.52 bits per heavy atom. The minimum absolute atomic E-state index is 0.00732. The summed E-state index contributed by atoms with van der Waals surface area (Å²) in [5, 5.41) is 16.0. The number of rotatable bonds is 4. The maximum atomic E-state index is 11.8. The van der Waals surface area contributed by atoms with Gasteiger partial charge in [-0.25, -0.2) is 5.43 Å². The average molecular weight is 291 g/mol. The summed E-state index contributed by atoms with van der Waals surface area (Å²) >= 11 is 0. The van der Waals surface area contributed by atoms with Gasteiger partial charge in [-0.3, -0.25) is 9.59 Å². The third-order valence-corrected chi connectivity index (χ3v) is 2.39. The summed E-state index contributed by atoms with van der Waals surface area (Å²) in [6.07, 6.45) is 0.109. The summed E-state index contributed by atoms with van der Waals surface area (Å²) in [6, 6.07) is 5.94. The Bertz CT molecular complexity index is 560. The standard InChI is InChI=1S/C15H21N3O3/c1-10(8-13(20)16-15(2,3)4)17-18-14(21)11-6-5-7-12(19)9-11/h5-7,9,19H,8H2,1-4H3,(H,16,20)(H,18,21). The van der Waals surface area contributed by atoms with Crippen molar-refractivity contribution in [2.24, 2.45) is 5.10 Å². The van der Waals surface area contributed by atoms with Gasteiger partial charge in [-0.05, 0) is 45.9 Å². The first-order valence-corrected chi connectivity index (χ1v) is 6.61. The van der Waals surface area contributed by atoms with Crippen LogP contribution in [-0.4, -0.2) is 28.2 Å². The quantitative estimate of drug-likeness (QED) is 0.583. The molecule has 0 atom stereocenters. The first kappa shape index (κ1) is 16.7. The van der Waals surface area contributed by atoms with Gasteiger partial charge in [0.15, 0.2) is 0 Å². The number of carbonyl (C=O) groups is 2. The first-order chi connectivity index (χ1) is 9.67. The Morgan fingerprint density at radius 2 is 1.95 bits per heavy atom. The molecule has 0 aliphatic rings. The molecule has 0 aliphatic heterocycles. The Labute approximate surface area is 124 Å². The lowest BCUT2D eigenvalue weighted by molar-refractivity contribution is -0.121. The summed E-state index contributed by atoms with van der Waals surface area (Å²) < 4.78 is 0. The largest absolute Gasteiger partial charge is 0.508 e. The zero-order valence-electron chi connectivity index (χ0n) is 12.7. The van der Waals surface area contributed by atoms with Crippen LogP contribution in [-0.2, 0) is 4.79 Å². The van der Waals surface area contributed by atoms with Gasteiger partial charge < -0.3 is 10.4 Å². The van der Waals surface area contributed by atoms with Crippen LogP contribution in [0.2, 0.25) is 0 Å². The average Bonchev–Trinajstić information content (AvgIpc) is 2.33. The maximum absolute atomic E-state index is 11.8. The number of hydrogen-bond donors (Lipinski definition) is 3. The van der Waals surface area contributed by atoms with Crippen LogP contribution in [0, 0.1) is 0 Å². The molecule has 0 fully saturated rings. The van der Waals surface area contributed by atoms with E-state index in [2.05, 4.69) is 15.8 Å². The van der Waals surface area contributed by atoms with Gasteiger partial charge in [0.2, 0.25) is 5.91 Å². The van der Waals surface area contributed by atoms with Crippen molar-refractivity contribution in [1.82, 2.24) is 10.7 Å². The van der Waals surface area contributed by atoms with Crippen molar-refractivity contribution >= 4 is 17.5 Å². The van der Waals surface area contributed by atoms with E-state index in [1.165, 1.54) is 12.1 Å². The van der Waals surface area contributed by atoms with Crippen LogP contribution in [0.5, 0.6) is 5.75 Å². The van der Waals surface area contributed by atoms with E-state index in [9.17, 15) is 14.7 Å².